The molecule has 3 aliphatic carbocycles. The van der Waals surface area contributed by atoms with Crippen LogP contribution in [-0.4, -0.2) is 95.7 Å². The van der Waals surface area contributed by atoms with Crippen molar-refractivity contribution in [3.63, 3.8) is 0 Å². The number of aliphatic hydroxyl groups excluding tert-OH is 1. The van der Waals surface area contributed by atoms with Crippen LogP contribution >= 0.6 is 11.8 Å². The topological polar surface area (TPSA) is 189 Å². The summed E-state index contributed by atoms with van der Waals surface area (Å²) in [5.74, 6) is -3.85. The standard InChI is InChI=1S/C39H46O13S2/c1-8-53-35(44)49-30-29-22(3)26(41)19-39(45,36(29,5)6)33(50-34(43)24-12-10-9-11-13-24)31-37(7,32(30)42)27(18-28-38(31,20-48-28)51-23(4)40)52-54(46,47)25-16-14-21(2)15-17-25/h9-17,26-28,30-31,33,41,45H,8,18-20H2,1-7H3/t26-,27-,28+,30+,31-,33-,37+,38-,39+/m0/s1. The molecule has 2 aromatic rings. The Hall–Kier alpha value is -3.60. The normalized spacial score (nSPS) is 34.3. The molecule has 0 aromatic heterocycles. The van der Waals surface area contributed by atoms with Gasteiger partial charge in [-0.25, -0.2) is 9.59 Å². The van der Waals surface area contributed by atoms with Gasteiger partial charge in [-0.15, -0.1) is 0 Å². The first-order chi connectivity index (χ1) is 25.2. The first-order valence-electron chi connectivity index (χ1n) is 17.8. The molecule has 1 saturated heterocycles. The molecule has 1 heterocycles. The van der Waals surface area contributed by atoms with Gasteiger partial charge in [0.25, 0.3) is 10.1 Å². The van der Waals surface area contributed by atoms with Crippen LogP contribution in [-0.2, 0) is 42.8 Å². The van der Waals surface area contributed by atoms with Gasteiger partial charge in [0.05, 0.1) is 40.6 Å². The molecule has 2 saturated carbocycles. The number of esters is 2. The molecule has 2 bridgehead atoms. The number of carbonyl (C=O) groups is 4. The molecule has 4 aliphatic rings. The molecule has 9 atom stereocenters. The zero-order valence-corrected chi connectivity index (χ0v) is 32.8. The highest BCUT2D eigenvalue weighted by Gasteiger charge is 2.79. The van der Waals surface area contributed by atoms with Gasteiger partial charge in [0.2, 0.25) is 0 Å². The minimum Gasteiger partial charge on any atom is -0.455 e. The van der Waals surface area contributed by atoms with Crippen molar-refractivity contribution in [3.05, 3.63) is 76.9 Å². The fourth-order valence-corrected chi connectivity index (χ4v) is 10.6. The number of ether oxygens (including phenoxy) is 4. The van der Waals surface area contributed by atoms with E-state index in [0.29, 0.717) is 5.75 Å². The van der Waals surface area contributed by atoms with Crippen LogP contribution in [0.5, 0.6) is 0 Å². The summed E-state index contributed by atoms with van der Waals surface area (Å²) in [5.41, 5.74) is -6.61. The van der Waals surface area contributed by atoms with Gasteiger partial charge in [0, 0.05) is 30.9 Å². The van der Waals surface area contributed by atoms with E-state index in [2.05, 4.69) is 0 Å². The number of hydrogen-bond donors (Lipinski definition) is 2. The second-order valence-corrected chi connectivity index (χ2v) is 18.1. The smallest absolute Gasteiger partial charge is 0.368 e. The summed E-state index contributed by atoms with van der Waals surface area (Å²) in [6.45, 7) is 10.5. The molecule has 3 fully saturated rings. The molecule has 15 heteroatoms. The van der Waals surface area contributed by atoms with E-state index in [-0.39, 0.29) is 34.6 Å². The Morgan fingerprint density at radius 2 is 1.65 bits per heavy atom. The predicted molar refractivity (Wildman–Crippen MR) is 195 cm³/mol. The number of ketones is 1. The van der Waals surface area contributed by atoms with Crippen molar-refractivity contribution in [3.8, 4) is 0 Å². The maximum absolute atomic E-state index is 15.7. The fourth-order valence-electron chi connectivity index (χ4n) is 9.02. The summed E-state index contributed by atoms with van der Waals surface area (Å²) in [6.07, 6.45) is -8.42. The minimum absolute atomic E-state index is 0.0629. The summed E-state index contributed by atoms with van der Waals surface area (Å²) in [5, 5.41) is 24.1. The minimum atomic E-state index is -4.63. The monoisotopic (exact) mass is 786 g/mol. The van der Waals surface area contributed by atoms with E-state index in [9.17, 15) is 33.0 Å². The van der Waals surface area contributed by atoms with Crippen LogP contribution in [0, 0.1) is 23.7 Å². The summed E-state index contributed by atoms with van der Waals surface area (Å²) in [4.78, 5) is 56.0. The van der Waals surface area contributed by atoms with Crippen molar-refractivity contribution in [1.29, 1.82) is 0 Å². The van der Waals surface area contributed by atoms with E-state index >= 15 is 4.79 Å². The van der Waals surface area contributed by atoms with E-state index in [4.69, 9.17) is 23.1 Å². The van der Waals surface area contributed by atoms with Crippen LogP contribution in [0.3, 0.4) is 0 Å². The van der Waals surface area contributed by atoms with E-state index in [0.717, 1.165) is 24.2 Å². The van der Waals surface area contributed by atoms with E-state index in [1.807, 2.05) is 0 Å². The van der Waals surface area contributed by atoms with Gasteiger partial charge in [0.1, 0.15) is 17.8 Å². The van der Waals surface area contributed by atoms with Gasteiger partial charge < -0.3 is 29.2 Å². The summed E-state index contributed by atoms with van der Waals surface area (Å²) in [7, 11) is -4.63. The Morgan fingerprint density at radius 3 is 2.22 bits per heavy atom. The van der Waals surface area contributed by atoms with Gasteiger partial charge >= 0.3 is 17.2 Å². The third kappa shape index (κ3) is 6.30. The van der Waals surface area contributed by atoms with Crippen LogP contribution in [0.1, 0.15) is 70.3 Å². The average molecular weight is 787 g/mol. The third-order valence-electron chi connectivity index (χ3n) is 11.9. The molecular weight excluding hydrogens is 741 g/mol. The molecule has 6 rings (SSSR count). The number of fused-ring (bicyclic) bond motifs is 5. The zero-order valence-electron chi connectivity index (χ0n) is 31.2. The van der Waals surface area contributed by atoms with E-state index in [1.165, 1.54) is 31.2 Å². The first-order valence-corrected chi connectivity index (χ1v) is 20.2. The highest BCUT2D eigenvalue weighted by molar-refractivity contribution is 8.13. The maximum Gasteiger partial charge on any atom is 0.368 e. The molecule has 13 nitrogen and oxygen atoms in total. The second kappa shape index (κ2) is 14.2. The second-order valence-electron chi connectivity index (χ2n) is 15.3. The van der Waals surface area contributed by atoms with Crippen LogP contribution < -0.4 is 0 Å². The van der Waals surface area contributed by atoms with Gasteiger partial charge in [-0.05, 0) is 67.9 Å². The van der Waals surface area contributed by atoms with Crippen molar-refractivity contribution in [2.45, 2.75) is 108 Å². The SMILES string of the molecule is CCSC(=O)O[C@H]1C(=O)[C@]2(C)[C@@H](OS(=O)(=O)c3ccc(C)cc3)C[C@H]3OC[C@@]3(OC(C)=O)[C@H]2[C@H](OC(=O)c2ccccc2)[C@]2(O)C[C@H](O)C(C)=C1C2(C)C. The molecule has 0 radical (unpaired) electrons. The number of Topliss-reactive ketones (excluding diaryl/α,β-unsaturated/α-hetero) is 1. The number of carbonyl (C=O) groups excluding carboxylic acids is 4. The van der Waals surface area contributed by atoms with Gasteiger partial charge in [0.15, 0.2) is 17.5 Å². The molecule has 54 heavy (non-hydrogen) atoms. The highest BCUT2D eigenvalue weighted by atomic mass is 32.2. The van der Waals surface area contributed by atoms with E-state index in [1.54, 1.807) is 65.0 Å². The number of thioether (sulfide) groups is 1. The highest BCUT2D eigenvalue weighted by Crippen LogP contribution is 2.65. The molecule has 2 N–H and O–H groups in total. The first kappa shape index (κ1) is 40.1. The number of aliphatic hydroxyl groups is 2. The molecule has 1 aliphatic heterocycles. The van der Waals surface area contributed by atoms with Crippen LogP contribution in [0.25, 0.3) is 0 Å². The van der Waals surface area contributed by atoms with Crippen molar-refractivity contribution >= 4 is 44.9 Å². The van der Waals surface area contributed by atoms with E-state index < -0.39 is 98.0 Å². The number of rotatable bonds is 8. The van der Waals surface area contributed by atoms with Crippen molar-refractivity contribution < 1.29 is 60.9 Å². The Labute approximate surface area is 318 Å². The average Bonchev–Trinajstić information content (AvgIpc) is 3.09. The van der Waals surface area contributed by atoms with Crippen molar-refractivity contribution in [1.82, 2.24) is 0 Å². The lowest BCUT2D eigenvalue weighted by atomic mass is 9.44. The van der Waals surface area contributed by atoms with Crippen LogP contribution in [0.15, 0.2) is 70.6 Å². The molecular formula is C39H46O13S2. The molecule has 292 valence electrons. The lowest BCUT2D eigenvalue weighted by Crippen LogP contribution is -2.82. The quantitative estimate of drug-likeness (QED) is 0.162. The number of aryl methyl sites for hydroxylation is 1. The lowest BCUT2D eigenvalue weighted by molar-refractivity contribution is -0.343. The molecule has 0 amide bonds. The van der Waals surface area contributed by atoms with Crippen LogP contribution in [0.4, 0.5) is 4.79 Å². The predicted octanol–water partition coefficient (Wildman–Crippen LogP) is 4.70. The number of benzene rings is 2. The number of hydrogen-bond acceptors (Lipinski definition) is 14. The Kier molecular flexibility index (Phi) is 10.5. The Balaban J connectivity index is 1.67. The Bertz CT molecular complexity index is 1980. The zero-order chi connectivity index (χ0) is 39.6. The third-order valence-corrected chi connectivity index (χ3v) is 13.9. The van der Waals surface area contributed by atoms with Gasteiger partial charge in [-0.3, -0.25) is 13.8 Å². The van der Waals surface area contributed by atoms with Gasteiger partial charge in [-0.1, -0.05) is 56.7 Å². The maximum atomic E-state index is 15.7. The Morgan fingerprint density at radius 1 is 1.00 bits per heavy atom. The molecule has 2 aromatic carbocycles. The summed E-state index contributed by atoms with van der Waals surface area (Å²) in [6, 6.07) is 13.8. The van der Waals surface area contributed by atoms with Crippen molar-refractivity contribution in [2.75, 3.05) is 12.4 Å². The molecule has 0 unspecified atom stereocenters. The largest absolute Gasteiger partial charge is 0.455 e. The summed E-state index contributed by atoms with van der Waals surface area (Å²) >= 11 is 0.789. The lowest BCUT2D eigenvalue weighted by Gasteiger charge is -2.67. The fraction of sp³-hybridized carbons (Fsp3) is 0.538. The van der Waals surface area contributed by atoms with Crippen molar-refractivity contribution in [2.24, 2.45) is 16.7 Å². The van der Waals surface area contributed by atoms with Gasteiger partial charge in [-0.2, -0.15) is 8.42 Å². The molecule has 0 spiro atoms. The van der Waals surface area contributed by atoms with Crippen LogP contribution in [0.2, 0.25) is 0 Å². The summed E-state index contributed by atoms with van der Waals surface area (Å²) < 4.78 is 58.6.